The molecule has 1 saturated heterocycles. The van der Waals surface area contributed by atoms with Crippen molar-refractivity contribution in [2.45, 2.75) is 47.0 Å². The van der Waals surface area contributed by atoms with E-state index < -0.39 is 5.41 Å². The number of hydrogen-bond donors (Lipinski definition) is 2. The summed E-state index contributed by atoms with van der Waals surface area (Å²) in [4.78, 5) is 25.8. The molecule has 1 rings (SSSR count). The molecule has 1 aliphatic rings. The second-order valence-corrected chi connectivity index (χ2v) is 6.89. The molecule has 0 radical (unpaired) electrons. The lowest BCUT2D eigenvalue weighted by Crippen LogP contribution is -2.42. The molecule has 0 bridgehead atoms. The zero-order chi connectivity index (χ0) is 15.9. The van der Waals surface area contributed by atoms with E-state index in [-0.39, 0.29) is 24.2 Å². The van der Waals surface area contributed by atoms with E-state index in [1.165, 1.54) is 0 Å². The summed E-state index contributed by atoms with van der Waals surface area (Å²) in [6, 6.07) is 0. The number of carbonyl (C=O) groups excluding carboxylic acids is 2. The Hall–Kier alpha value is -0.810. The Morgan fingerprint density at radius 1 is 1.18 bits per heavy atom. The van der Waals surface area contributed by atoms with Crippen molar-refractivity contribution in [1.29, 1.82) is 0 Å². The average Bonchev–Trinajstić information content (AvgIpc) is 2.44. The van der Waals surface area contributed by atoms with Crippen LogP contribution in [0.5, 0.6) is 0 Å². The first-order valence-corrected chi connectivity index (χ1v) is 8.11. The van der Waals surface area contributed by atoms with E-state index in [2.05, 4.69) is 17.6 Å². The summed E-state index contributed by atoms with van der Waals surface area (Å²) in [6.07, 6.45) is 2.56. The highest BCUT2D eigenvalue weighted by atomic mass is 35.5. The van der Waals surface area contributed by atoms with E-state index in [9.17, 15) is 9.59 Å². The molecule has 0 atom stereocenters. The molecule has 0 aliphatic carbocycles. The van der Waals surface area contributed by atoms with Crippen molar-refractivity contribution in [1.82, 2.24) is 15.5 Å². The SMILES string of the molecule is CCNCC1CCN(C(=O)CCNC(=O)C(C)(C)C)CC1.Cl. The van der Waals surface area contributed by atoms with E-state index in [1.807, 2.05) is 25.7 Å². The van der Waals surface area contributed by atoms with Crippen LogP contribution < -0.4 is 10.6 Å². The Kier molecular flexibility index (Phi) is 9.69. The van der Waals surface area contributed by atoms with Gasteiger partial charge in [-0.1, -0.05) is 27.7 Å². The number of carbonyl (C=O) groups is 2. The molecule has 1 heterocycles. The predicted octanol–water partition coefficient (Wildman–Crippen LogP) is 1.81. The Morgan fingerprint density at radius 2 is 1.77 bits per heavy atom. The van der Waals surface area contributed by atoms with Gasteiger partial charge in [0, 0.05) is 31.5 Å². The quantitative estimate of drug-likeness (QED) is 0.779. The molecule has 0 aromatic rings. The van der Waals surface area contributed by atoms with Gasteiger partial charge in [-0.05, 0) is 31.8 Å². The van der Waals surface area contributed by atoms with Gasteiger partial charge in [-0.3, -0.25) is 9.59 Å². The molecule has 1 fully saturated rings. The highest BCUT2D eigenvalue weighted by Crippen LogP contribution is 2.17. The van der Waals surface area contributed by atoms with Crippen molar-refractivity contribution in [2.75, 3.05) is 32.7 Å². The Labute approximate surface area is 141 Å². The van der Waals surface area contributed by atoms with Crippen LogP contribution in [-0.2, 0) is 9.59 Å². The maximum atomic E-state index is 12.1. The normalized spacial score (nSPS) is 16.1. The predicted molar refractivity (Wildman–Crippen MR) is 92.2 cm³/mol. The lowest BCUT2D eigenvalue weighted by molar-refractivity contribution is -0.133. The summed E-state index contributed by atoms with van der Waals surface area (Å²) in [7, 11) is 0. The third kappa shape index (κ3) is 7.45. The van der Waals surface area contributed by atoms with Crippen molar-refractivity contribution in [3.63, 3.8) is 0 Å². The number of amides is 2. The molecule has 0 saturated carbocycles. The summed E-state index contributed by atoms with van der Waals surface area (Å²) in [5.41, 5.74) is -0.395. The van der Waals surface area contributed by atoms with Gasteiger partial charge in [0.25, 0.3) is 0 Å². The molecule has 5 nitrogen and oxygen atoms in total. The van der Waals surface area contributed by atoms with Crippen LogP contribution in [0.15, 0.2) is 0 Å². The monoisotopic (exact) mass is 333 g/mol. The van der Waals surface area contributed by atoms with Gasteiger partial charge in [-0.25, -0.2) is 0 Å². The number of nitrogens with one attached hydrogen (secondary N) is 2. The zero-order valence-corrected chi connectivity index (χ0v) is 15.2. The molecule has 0 aromatic heterocycles. The van der Waals surface area contributed by atoms with Crippen LogP contribution in [0.4, 0.5) is 0 Å². The number of hydrogen-bond acceptors (Lipinski definition) is 3. The van der Waals surface area contributed by atoms with Gasteiger partial charge in [-0.2, -0.15) is 0 Å². The van der Waals surface area contributed by atoms with Crippen molar-refractivity contribution in [3.05, 3.63) is 0 Å². The Balaban J connectivity index is 0.00000441. The van der Waals surface area contributed by atoms with Crippen LogP contribution in [-0.4, -0.2) is 49.4 Å². The first-order valence-electron chi connectivity index (χ1n) is 8.11. The molecule has 0 aromatic carbocycles. The maximum absolute atomic E-state index is 12.1. The third-order valence-electron chi connectivity index (χ3n) is 3.96. The summed E-state index contributed by atoms with van der Waals surface area (Å²) in [5, 5.41) is 6.20. The van der Waals surface area contributed by atoms with Crippen molar-refractivity contribution in [2.24, 2.45) is 11.3 Å². The fourth-order valence-corrected chi connectivity index (χ4v) is 2.44. The van der Waals surface area contributed by atoms with Crippen LogP contribution in [0, 0.1) is 11.3 Å². The molecule has 0 unspecified atom stereocenters. The van der Waals surface area contributed by atoms with Gasteiger partial charge in [0.2, 0.25) is 11.8 Å². The molecule has 0 spiro atoms. The number of likely N-dealkylation sites (tertiary alicyclic amines) is 1. The molecule has 2 N–H and O–H groups in total. The van der Waals surface area contributed by atoms with Crippen molar-refractivity contribution < 1.29 is 9.59 Å². The second kappa shape index (κ2) is 10.1. The first-order chi connectivity index (χ1) is 9.84. The van der Waals surface area contributed by atoms with Crippen molar-refractivity contribution >= 4 is 24.2 Å². The van der Waals surface area contributed by atoms with Gasteiger partial charge in [0.05, 0.1) is 0 Å². The van der Waals surface area contributed by atoms with Crippen LogP contribution in [0.25, 0.3) is 0 Å². The fraction of sp³-hybridized carbons (Fsp3) is 0.875. The molecule has 22 heavy (non-hydrogen) atoms. The van der Waals surface area contributed by atoms with Gasteiger partial charge in [0.15, 0.2) is 0 Å². The summed E-state index contributed by atoms with van der Waals surface area (Å²) in [5.74, 6) is 0.848. The van der Waals surface area contributed by atoms with Crippen LogP contribution in [0.2, 0.25) is 0 Å². The first kappa shape index (κ1) is 21.2. The largest absolute Gasteiger partial charge is 0.355 e. The molecular formula is C16H32ClN3O2. The van der Waals surface area contributed by atoms with Crippen LogP contribution >= 0.6 is 12.4 Å². The standard InChI is InChI=1S/C16H31N3O2.ClH/c1-5-17-12-13-7-10-19(11-8-13)14(20)6-9-18-15(21)16(2,3)4;/h13,17H,5-12H2,1-4H3,(H,18,21);1H. The topological polar surface area (TPSA) is 61.4 Å². The Morgan fingerprint density at radius 3 is 2.27 bits per heavy atom. The van der Waals surface area contributed by atoms with Gasteiger partial charge in [0.1, 0.15) is 0 Å². The van der Waals surface area contributed by atoms with Crippen LogP contribution in [0.3, 0.4) is 0 Å². The molecule has 1 aliphatic heterocycles. The third-order valence-corrected chi connectivity index (χ3v) is 3.96. The van der Waals surface area contributed by atoms with E-state index in [0.717, 1.165) is 39.0 Å². The number of nitrogens with zero attached hydrogens (tertiary/aromatic N) is 1. The highest BCUT2D eigenvalue weighted by molar-refractivity contribution is 5.85. The van der Waals surface area contributed by atoms with E-state index in [4.69, 9.17) is 0 Å². The zero-order valence-electron chi connectivity index (χ0n) is 14.4. The lowest BCUT2D eigenvalue weighted by atomic mass is 9.95. The molecule has 130 valence electrons. The summed E-state index contributed by atoms with van der Waals surface area (Å²) in [6.45, 7) is 11.9. The Bertz CT molecular complexity index is 348. The molecule has 6 heteroatoms. The van der Waals surface area contributed by atoms with E-state index in [0.29, 0.717) is 18.9 Å². The summed E-state index contributed by atoms with van der Waals surface area (Å²) >= 11 is 0. The van der Waals surface area contributed by atoms with E-state index in [1.54, 1.807) is 0 Å². The smallest absolute Gasteiger partial charge is 0.225 e. The maximum Gasteiger partial charge on any atom is 0.225 e. The second-order valence-electron chi connectivity index (χ2n) is 6.89. The fourth-order valence-electron chi connectivity index (χ4n) is 2.44. The number of halogens is 1. The van der Waals surface area contributed by atoms with Crippen LogP contribution in [0.1, 0.15) is 47.0 Å². The number of piperidine rings is 1. The molecular weight excluding hydrogens is 302 g/mol. The number of rotatable bonds is 6. The summed E-state index contributed by atoms with van der Waals surface area (Å²) < 4.78 is 0. The minimum atomic E-state index is -0.395. The molecule has 2 amide bonds. The minimum absolute atomic E-state index is 0. The van der Waals surface area contributed by atoms with Crippen molar-refractivity contribution in [3.8, 4) is 0 Å². The van der Waals surface area contributed by atoms with E-state index >= 15 is 0 Å². The average molecular weight is 334 g/mol. The van der Waals surface area contributed by atoms with Gasteiger partial charge >= 0.3 is 0 Å². The van der Waals surface area contributed by atoms with Gasteiger partial charge in [-0.15, -0.1) is 12.4 Å². The van der Waals surface area contributed by atoms with Gasteiger partial charge < -0.3 is 15.5 Å². The highest BCUT2D eigenvalue weighted by Gasteiger charge is 2.23. The lowest BCUT2D eigenvalue weighted by Gasteiger charge is -2.32. The minimum Gasteiger partial charge on any atom is -0.355 e.